The Labute approximate surface area is 183 Å². The van der Waals surface area contributed by atoms with Crippen molar-refractivity contribution >= 4 is 28.5 Å². The molecule has 0 radical (unpaired) electrons. The molecule has 0 unspecified atom stereocenters. The van der Waals surface area contributed by atoms with Crippen LogP contribution in [0.15, 0.2) is 37.0 Å². The van der Waals surface area contributed by atoms with E-state index >= 15 is 0 Å². The number of carbonyl (C=O) groups is 3. The van der Waals surface area contributed by atoms with E-state index in [9.17, 15) is 22.8 Å². The first kappa shape index (κ1) is 24.8. The van der Waals surface area contributed by atoms with Gasteiger partial charge in [-0.3, -0.25) is 0 Å². The number of imide groups is 1. The number of hydrazine groups is 1. The summed E-state index contributed by atoms with van der Waals surface area (Å²) in [4.78, 5) is 37.6. The molecule has 10 heteroatoms. The van der Waals surface area contributed by atoms with Gasteiger partial charge in [-0.1, -0.05) is 54.7 Å². The molecule has 0 aromatic rings. The van der Waals surface area contributed by atoms with Crippen molar-refractivity contribution in [2.24, 2.45) is 11.3 Å². The number of ether oxygens (including phenoxy) is 2. The van der Waals surface area contributed by atoms with E-state index in [1.807, 2.05) is 0 Å². The van der Waals surface area contributed by atoms with Gasteiger partial charge < -0.3 is 14.3 Å². The van der Waals surface area contributed by atoms with Crippen LogP contribution in [0.4, 0.5) is 9.59 Å². The number of amides is 2. The Morgan fingerprint density at radius 3 is 2.26 bits per heavy atom. The van der Waals surface area contributed by atoms with Gasteiger partial charge in [0, 0.05) is 5.41 Å². The maximum atomic E-state index is 12.9. The number of fused-ring (bicyclic) bond motifs is 1. The molecular weight excluding hydrogens is 424 g/mol. The van der Waals surface area contributed by atoms with Gasteiger partial charge in [-0.05, 0) is 31.6 Å². The van der Waals surface area contributed by atoms with Crippen LogP contribution in [0.2, 0.25) is 0 Å². The van der Waals surface area contributed by atoms with Gasteiger partial charge in [0.15, 0.2) is 0 Å². The summed E-state index contributed by atoms with van der Waals surface area (Å²) in [6.45, 7) is 8.01. The van der Waals surface area contributed by atoms with Gasteiger partial charge in [0.1, 0.15) is 19.5 Å². The highest BCUT2D eigenvalue weighted by molar-refractivity contribution is 7.88. The fourth-order valence-electron chi connectivity index (χ4n) is 4.14. The zero-order chi connectivity index (χ0) is 23.2. The average molecular weight is 455 g/mol. The average Bonchev–Trinajstić information content (AvgIpc) is 2.72. The van der Waals surface area contributed by atoms with E-state index in [-0.39, 0.29) is 19.1 Å². The molecular formula is C21H30N2O7S. The second-order valence-electron chi connectivity index (χ2n) is 8.04. The van der Waals surface area contributed by atoms with Gasteiger partial charge in [-0.25, -0.2) is 18.0 Å². The SMILES string of the molecule is C=CCOC(=O)N(C(=O)OCC=C)N([C@@H]1C=C2CCCC[C@@H]2C[C@]1(C)C=O)S(C)(=O)=O. The van der Waals surface area contributed by atoms with Crippen LogP contribution in [-0.4, -0.2) is 61.8 Å². The minimum atomic E-state index is -4.22. The van der Waals surface area contributed by atoms with Crippen LogP contribution in [0, 0.1) is 11.3 Å². The molecule has 172 valence electrons. The fraction of sp³-hybridized carbons (Fsp3) is 0.571. The molecule has 0 saturated heterocycles. The summed E-state index contributed by atoms with van der Waals surface area (Å²) in [6, 6.07) is -1.10. The molecule has 2 aliphatic carbocycles. The summed E-state index contributed by atoms with van der Waals surface area (Å²) in [5.41, 5.74) is -0.132. The number of sulfonamides is 1. The van der Waals surface area contributed by atoms with E-state index in [0.717, 1.165) is 37.5 Å². The minimum absolute atomic E-state index is 0.162. The second kappa shape index (κ2) is 10.2. The van der Waals surface area contributed by atoms with E-state index in [1.165, 1.54) is 12.2 Å². The topological polar surface area (TPSA) is 110 Å². The van der Waals surface area contributed by atoms with Crippen LogP contribution >= 0.6 is 0 Å². The van der Waals surface area contributed by atoms with Crippen molar-refractivity contribution in [1.29, 1.82) is 0 Å². The lowest BCUT2D eigenvalue weighted by Gasteiger charge is -2.46. The smallest absolute Gasteiger partial charge is 0.435 e. The number of rotatable bonds is 8. The highest BCUT2D eigenvalue weighted by Crippen LogP contribution is 2.46. The number of aldehydes is 1. The summed E-state index contributed by atoms with van der Waals surface area (Å²) in [7, 11) is -4.22. The van der Waals surface area contributed by atoms with Crippen molar-refractivity contribution in [2.45, 2.75) is 45.1 Å². The van der Waals surface area contributed by atoms with E-state index in [0.29, 0.717) is 22.1 Å². The van der Waals surface area contributed by atoms with Gasteiger partial charge in [-0.15, -0.1) is 5.01 Å². The normalized spacial score (nSPS) is 25.6. The van der Waals surface area contributed by atoms with Crippen LogP contribution in [-0.2, 0) is 24.3 Å². The molecule has 0 heterocycles. The fourth-order valence-corrected chi connectivity index (χ4v) is 5.28. The van der Waals surface area contributed by atoms with Gasteiger partial charge in [-0.2, -0.15) is 0 Å². The van der Waals surface area contributed by atoms with E-state index in [2.05, 4.69) is 13.2 Å². The molecule has 2 rings (SSSR count). The Morgan fingerprint density at radius 2 is 1.77 bits per heavy atom. The quantitative estimate of drug-likeness (QED) is 0.315. The molecule has 1 fully saturated rings. The Bertz CT molecular complexity index is 843. The van der Waals surface area contributed by atoms with Crippen LogP contribution in [0.25, 0.3) is 0 Å². The van der Waals surface area contributed by atoms with E-state index in [1.54, 1.807) is 13.0 Å². The van der Waals surface area contributed by atoms with E-state index < -0.39 is 33.7 Å². The predicted molar refractivity (Wildman–Crippen MR) is 114 cm³/mol. The maximum absolute atomic E-state index is 12.9. The molecule has 2 amide bonds. The lowest BCUT2D eigenvalue weighted by Crippen LogP contribution is -2.61. The van der Waals surface area contributed by atoms with Crippen LogP contribution < -0.4 is 0 Å². The van der Waals surface area contributed by atoms with Gasteiger partial charge in [0.05, 0.1) is 12.3 Å². The molecule has 0 spiro atoms. The summed E-state index contributed by atoms with van der Waals surface area (Å²) >= 11 is 0. The highest BCUT2D eigenvalue weighted by Gasteiger charge is 2.51. The number of allylic oxidation sites excluding steroid dienone is 1. The maximum Gasteiger partial charge on any atom is 0.435 e. The highest BCUT2D eigenvalue weighted by atomic mass is 32.2. The van der Waals surface area contributed by atoms with E-state index in [4.69, 9.17) is 9.47 Å². The first-order valence-corrected chi connectivity index (χ1v) is 12.0. The minimum Gasteiger partial charge on any atom is -0.444 e. The number of nitrogens with zero attached hydrogens (tertiary/aromatic N) is 2. The Morgan fingerprint density at radius 1 is 1.19 bits per heavy atom. The molecule has 0 bridgehead atoms. The van der Waals surface area contributed by atoms with Crippen molar-refractivity contribution in [3.63, 3.8) is 0 Å². The number of carbonyl (C=O) groups excluding carboxylic acids is 3. The molecule has 9 nitrogen and oxygen atoms in total. The standard InChI is InChI=1S/C21H30N2O7S/c1-5-11-29-19(25)22(20(26)30-12-6-2)23(31(4,27)28)18-13-16-9-7-8-10-17(16)14-21(18,3)15-24/h5-6,13,15,17-18H,1-2,7-12,14H2,3-4H3/t17-,18-,21-/m1/s1. The molecule has 3 atom stereocenters. The van der Waals surface area contributed by atoms with Gasteiger partial charge in [0.25, 0.3) is 0 Å². The zero-order valence-corrected chi connectivity index (χ0v) is 18.8. The van der Waals surface area contributed by atoms with Crippen molar-refractivity contribution in [2.75, 3.05) is 19.5 Å². The number of hydrogen-bond donors (Lipinski definition) is 0. The molecule has 0 N–H and O–H groups in total. The van der Waals surface area contributed by atoms with Crippen molar-refractivity contribution in [3.05, 3.63) is 37.0 Å². The second-order valence-corrected chi connectivity index (χ2v) is 9.88. The molecule has 0 aliphatic heterocycles. The molecule has 0 aromatic heterocycles. The van der Waals surface area contributed by atoms with Crippen molar-refractivity contribution < 1.29 is 32.3 Å². The summed E-state index contributed by atoms with van der Waals surface area (Å²) in [5, 5.41) is 0.301. The third kappa shape index (κ3) is 5.62. The Hall–Kier alpha value is -2.46. The summed E-state index contributed by atoms with van der Waals surface area (Å²) < 4.78 is 36.3. The van der Waals surface area contributed by atoms with Crippen LogP contribution in [0.5, 0.6) is 0 Å². The third-order valence-corrected chi connectivity index (χ3v) is 6.64. The molecule has 2 aliphatic rings. The van der Waals surface area contributed by atoms with Crippen molar-refractivity contribution in [1.82, 2.24) is 9.42 Å². The number of hydrogen-bond acceptors (Lipinski definition) is 7. The lowest BCUT2D eigenvalue weighted by atomic mass is 9.65. The first-order valence-electron chi connectivity index (χ1n) is 10.1. The van der Waals surface area contributed by atoms with Crippen LogP contribution in [0.3, 0.4) is 0 Å². The predicted octanol–water partition coefficient (Wildman–Crippen LogP) is 3.20. The first-order chi connectivity index (χ1) is 14.6. The largest absolute Gasteiger partial charge is 0.444 e. The molecule has 31 heavy (non-hydrogen) atoms. The summed E-state index contributed by atoms with van der Waals surface area (Å²) in [5.74, 6) is 0.162. The Kier molecular flexibility index (Phi) is 8.19. The molecule has 0 aromatic carbocycles. The third-order valence-electron chi connectivity index (χ3n) is 5.57. The van der Waals surface area contributed by atoms with Crippen LogP contribution in [0.1, 0.15) is 39.0 Å². The van der Waals surface area contributed by atoms with Gasteiger partial charge >= 0.3 is 12.2 Å². The lowest BCUT2D eigenvalue weighted by molar-refractivity contribution is -0.120. The summed E-state index contributed by atoms with van der Waals surface area (Å²) in [6.07, 6.45) is 7.40. The molecule has 1 saturated carbocycles. The monoisotopic (exact) mass is 454 g/mol. The van der Waals surface area contributed by atoms with Crippen molar-refractivity contribution in [3.8, 4) is 0 Å². The van der Waals surface area contributed by atoms with Gasteiger partial charge in [0.2, 0.25) is 10.0 Å². The Balaban J connectivity index is 2.61. The zero-order valence-electron chi connectivity index (χ0n) is 18.0.